The van der Waals surface area contributed by atoms with E-state index in [0.717, 1.165) is 10.9 Å². The number of rotatable bonds is 3. The molecule has 1 heterocycles. The van der Waals surface area contributed by atoms with Gasteiger partial charge in [0.25, 0.3) is 0 Å². The SMILES string of the molecule is Cc1ccc2c(ccn2CC(=O)c2ccc(F)cc2)c1. The second-order valence-electron chi connectivity index (χ2n) is 4.94. The molecule has 0 spiro atoms. The molecule has 2 aromatic carbocycles. The van der Waals surface area contributed by atoms with Crippen molar-refractivity contribution in [3.8, 4) is 0 Å². The first-order valence-corrected chi connectivity index (χ1v) is 6.48. The van der Waals surface area contributed by atoms with Crippen molar-refractivity contribution >= 4 is 16.7 Å². The molecule has 20 heavy (non-hydrogen) atoms. The van der Waals surface area contributed by atoms with Crippen LogP contribution < -0.4 is 0 Å². The molecule has 3 rings (SSSR count). The molecule has 0 saturated heterocycles. The predicted molar refractivity (Wildman–Crippen MR) is 77.4 cm³/mol. The van der Waals surface area contributed by atoms with Crippen LogP contribution in [-0.2, 0) is 6.54 Å². The molecule has 3 aromatic rings. The predicted octanol–water partition coefficient (Wildman–Crippen LogP) is 3.97. The van der Waals surface area contributed by atoms with E-state index in [1.165, 1.54) is 29.8 Å². The van der Waals surface area contributed by atoms with Gasteiger partial charge in [-0.3, -0.25) is 4.79 Å². The van der Waals surface area contributed by atoms with E-state index in [4.69, 9.17) is 0 Å². The van der Waals surface area contributed by atoms with Crippen LogP contribution in [0.3, 0.4) is 0 Å². The molecule has 0 unspecified atom stereocenters. The number of carbonyl (C=O) groups is 1. The quantitative estimate of drug-likeness (QED) is 0.658. The van der Waals surface area contributed by atoms with Gasteiger partial charge in [-0.1, -0.05) is 11.6 Å². The summed E-state index contributed by atoms with van der Waals surface area (Å²) in [6.45, 7) is 2.30. The average Bonchev–Trinajstić information content (AvgIpc) is 2.81. The van der Waals surface area contributed by atoms with Crippen LogP contribution in [0.15, 0.2) is 54.7 Å². The standard InChI is InChI=1S/C17H14FNO/c1-12-2-7-16-14(10-12)8-9-19(16)11-17(20)13-3-5-15(18)6-4-13/h2-10H,11H2,1H3. The number of aromatic nitrogens is 1. The largest absolute Gasteiger partial charge is 0.340 e. The van der Waals surface area contributed by atoms with Gasteiger partial charge in [0.15, 0.2) is 5.78 Å². The number of Topliss-reactive ketones (excluding diaryl/α,β-unsaturated/α-hetero) is 1. The van der Waals surface area contributed by atoms with Gasteiger partial charge in [0.2, 0.25) is 0 Å². The number of nitrogens with zero attached hydrogens (tertiary/aromatic N) is 1. The molecule has 0 bridgehead atoms. The fourth-order valence-corrected chi connectivity index (χ4v) is 2.34. The molecule has 0 amide bonds. The van der Waals surface area contributed by atoms with E-state index < -0.39 is 0 Å². The summed E-state index contributed by atoms with van der Waals surface area (Å²) in [4.78, 5) is 12.2. The van der Waals surface area contributed by atoms with Crippen LogP contribution in [0.2, 0.25) is 0 Å². The highest BCUT2D eigenvalue weighted by molar-refractivity contribution is 5.96. The summed E-state index contributed by atoms with van der Waals surface area (Å²) in [7, 11) is 0. The number of halogens is 1. The Morgan fingerprint density at radius 1 is 1.10 bits per heavy atom. The number of benzene rings is 2. The molecule has 1 aromatic heterocycles. The molecular weight excluding hydrogens is 253 g/mol. The highest BCUT2D eigenvalue weighted by Gasteiger charge is 2.09. The van der Waals surface area contributed by atoms with Crippen molar-refractivity contribution in [3.63, 3.8) is 0 Å². The van der Waals surface area contributed by atoms with Gasteiger partial charge in [-0.15, -0.1) is 0 Å². The normalized spacial score (nSPS) is 10.9. The first-order chi connectivity index (χ1) is 9.63. The van der Waals surface area contributed by atoms with Crippen molar-refractivity contribution in [1.82, 2.24) is 4.57 Å². The average molecular weight is 267 g/mol. The Labute approximate surface area is 116 Å². The van der Waals surface area contributed by atoms with E-state index in [0.29, 0.717) is 5.56 Å². The van der Waals surface area contributed by atoms with Crippen LogP contribution in [0, 0.1) is 12.7 Å². The van der Waals surface area contributed by atoms with Crippen molar-refractivity contribution in [3.05, 3.63) is 71.7 Å². The second-order valence-corrected chi connectivity index (χ2v) is 4.94. The zero-order valence-electron chi connectivity index (χ0n) is 11.1. The lowest BCUT2D eigenvalue weighted by molar-refractivity contribution is 0.0973. The lowest BCUT2D eigenvalue weighted by Gasteiger charge is -2.05. The van der Waals surface area contributed by atoms with Crippen LogP contribution in [0.25, 0.3) is 10.9 Å². The number of aryl methyl sites for hydroxylation is 1. The Bertz CT molecular complexity index is 771. The fourth-order valence-electron chi connectivity index (χ4n) is 2.34. The van der Waals surface area contributed by atoms with Gasteiger partial charge in [0.1, 0.15) is 5.82 Å². The maximum Gasteiger partial charge on any atom is 0.182 e. The molecular formula is C17H14FNO. The van der Waals surface area contributed by atoms with E-state index in [-0.39, 0.29) is 18.1 Å². The fraction of sp³-hybridized carbons (Fsp3) is 0.118. The van der Waals surface area contributed by atoms with E-state index in [1.54, 1.807) is 0 Å². The topological polar surface area (TPSA) is 22.0 Å². The van der Waals surface area contributed by atoms with E-state index in [2.05, 4.69) is 6.07 Å². The van der Waals surface area contributed by atoms with Gasteiger partial charge in [-0.2, -0.15) is 0 Å². The highest BCUT2D eigenvalue weighted by Crippen LogP contribution is 2.18. The van der Waals surface area contributed by atoms with E-state index in [1.807, 2.05) is 35.9 Å². The van der Waals surface area contributed by atoms with Gasteiger partial charge in [-0.05, 0) is 54.8 Å². The first-order valence-electron chi connectivity index (χ1n) is 6.48. The second kappa shape index (κ2) is 4.93. The molecule has 0 saturated carbocycles. The van der Waals surface area contributed by atoms with Gasteiger partial charge >= 0.3 is 0 Å². The Hall–Kier alpha value is -2.42. The monoisotopic (exact) mass is 267 g/mol. The van der Waals surface area contributed by atoms with Crippen LogP contribution >= 0.6 is 0 Å². The summed E-state index contributed by atoms with van der Waals surface area (Å²) in [5, 5.41) is 1.12. The third-order valence-electron chi connectivity index (χ3n) is 3.41. The Kier molecular flexibility index (Phi) is 3.11. The summed E-state index contributed by atoms with van der Waals surface area (Å²) in [6.07, 6.45) is 1.91. The lowest BCUT2D eigenvalue weighted by Crippen LogP contribution is -2.09. The highest BCUT2D eigenvalue weighted by atomic mass is 19.1. The third kappa shape index (κ3) is 2.35. The molecule has 0 atom stereocenters. The molecule has 0 aliphatic heterocycles. The van der Waals surface area contributed by atoms with Crippen LogP contribution in [0.5, 0.6) is 0 Å². The summed E-state index contributed by atoms with van der Waals surface area (Å²) in [5.41, 5.74) is 2.76. The molecule has 0 aliphatic carbocycles. The van der Waals surface area contributed by atoms with Crippen LogP contribution in [-0.4, -0.2) is 10.4 Å². The van der Waals surface area contributed by atoms with Gasteiger partial charge < -0.3 is 4.57 Å². The summed E-state index contributed by atoms with van der Waals surface area (Å²) in [5.74, 6) is -0.355. The minimum Gasteiger partial charge on any atom is -0.340 e. The minimum absolute atomic E-state index is 0.0249. The molecule has 3 heteroatoms. The summed E-state index contributed by atoms with van der Waals surface area (Å²) >= 11 is 0. The summed E-state index contributed by atoms with van der Waals surface area (Å²) < 4.78 is 14.8. The van der Waals surface area contributed by atoms with Crippen molar-refractivity contribution < 1.29 is 9.18 Å². The first kappa shape index (κ1) is 12.6. The number of hydrogen-bond donors (Lipinski definition) is 0. The summed E-state index contributed by atoms with van der Waals surface area (Å²) in [6, 6.07) is 13.8. The third-order valence-corrected chi connectivity index (χ3v) is 3.41. The Morgan fingerprint density at radius 3 is 2.60 bits per heavy atom. The van der Waals surface area contributed by atoms with Crippen LogP contribution in [0.1, 0.15) is 15.9 Å². The van der Waals surface area contributed by atoms with E-state index in [9.17, 15) is 9.18 Å². The number of fused-ring (bicyclic) bond motifs is 1. The van der Waals surface area contributed by atoms with Gasteiger partial charge in [0.05, 0.1) is 6.54 Å². The van der Waals surface area contributed by atoms with Gasteiger partial charge in [-0.25, -0.2) is 4.39 Å². The lowest BCUT2D eigenvalue weighted by atomic mass is 10.1. The Balaban J connectivity index is 1.89. The molecule has 0 aliphatic rings. The Morgan fingerprint density at radius 2 is 1.85 bits per heavy atom. The molecule has 100 valence electrons. The maximum atomic E-state index is 12.9. The smallest absolute Gasteiger partial charge is 0.182 e. The molecule has 0 radical (unpaired) electrons. The molecule has 0 N–H and O–H groups in total. The number of carbonyl (C=O) groups excluding carboxylic acids is 1. The van der Waals surface area contributed by atoms with Crippen LogP contribution in [0.4, 0.5) is 4.39 Å². The number of ketones is 1. The maximum absolute atomic E-state index is 12.9. The van der Waals surface area contributed by atoms with Crippen molar-refractivity contribution in [1.29, 1.82) is 0 Å². The zero-order valence-corrected chi connectivity index (χ0v) is 11.1. The molecule has 0 fully saturated rings. The van der Waals surface area contributed by atoms with E-state index >= 15 is 0 Å². The molecule has 2 nitrogen and oxygen atoms in total. The van der Waals surface area contributed by atoms with Gasteiger partial charge in [0, 0.05) is 17.3 Å². The minimum atomic E-state index is -0.330. The van der Waals surface area contributed by atoms with Crippen molar-refractivity contribution in [2.24, 2.45) is 0 Å². The van der Waals surface area contributed by atoms with Crippen molar-refractivity contribution in [2.75, 3.05) is 0 Å². The number of hydrogen-bond acceptors (Lipinski definition) is 1. The zero-order chi connectivity index (χ0) is 14.1. The van der Waals surface area contributed by atoms with Crippen molar-refractivity contribution in [2.45, 2.75) is 13.5 Å².